The van der Waals surface area contributed by atoms with Gasteiger partial charge in [0.25, 0.3) is 0 Å². The van der Waals surface area contributed by atoms with Crippen molar-refractivity contribution in [1.29, 1.82) is 0 Å². The van der Waals surface area contributed by atoms with E-state index in [0.29, 0.717) is 0 Å². The highest BCUT2D eigenvalue weighted by molar-refractivity contribution is 4.98. The van der Waals surface area contributed by atoms with Crippen LogP contribution in [0.5, 0.6) is 0 Å². The third-order valence-electron chi connectivity index (χ3n) is 8.75. The van der Waals surface area contributed by atoms with Crippen molar-refractivity contribution in [3.63, 3.8) is 0 Å². The molecule has 3 saturated heterocycles. The predicted molar refractivity (Wildman–Crippen MR) is 163 cm³/mol. The van der Waals surface area contributed by atoms with Crippen molar-refractivity contribution in [2.75, 3.05) is 62.1 Å². The second-order valence-corrected chi connectivity index (χ2v) is 15.0. The monoisotopic (exact) mass is 741 g/mol. The Balaban J connectivity index is 0.00000576. The number of quaternary nitrogens is 2. The van der Waals surface area contributed by atoms with E-state index in [0.717, 1.165) is 0 Å². The number of nitrogens with zero attached hydrogens (tertiary/aromatic N) is 2. The van der Waals surface area contributed by atoms with E-state index >= 15 is 0 Å². The van der Waals surface area contributed by atoms with Crippen LogP contribution in [-0.2, 0) is 33.2 Å². The van der Waals surface area contributed by atoms with Crippen LogP contribution in [0.15, 0.2) is 0 Å². The van der Waals surface area contributed by atoms with Gasteiger partial charge in [-0.15, -0.1) is 0 Å². The van der Waals surface area contributed by atoms with Crippen LogP contribution in [0.1, 0.15) is 27.7 Å². The minimum absolute atomic E-state index is 0. The Morgan fingerprint density at radius 3 is 1.25 bits per heavy atom. The molecule has 0 radical (unpaired) electrons. The molecule has 0 saturated carbocycles. The molecule has 16 nitrogen and oxygen atoms in total. The maximum Gasteiger partial charge on any atom is 0.214 e. The molecule has 3 aliphatic rings. The van der Waals surface area contributed by atoms with Crippen molar-refractivity contribution in [1.82, 2.24) is 0 Å². The van der Waals surface area contributed by atoms with Crippen LogP contribution < -0.4 is 30.5 Å². The molecule has 0 amide bonds. The lowest BCUT2D eigenvalue weighted by Gasteiger charge is -2.53. The highest BCUT2D eigenvalue weighted by Gasteiger charge is 2.59. The van der Waals surface area contributed by atoms with Crippen LogP contribution in [0.4, 0.5) is 0 Å². The van der Waals surface area contributed by atoms with Crippen LogP contribution >= 0.6 is 0 Å². The normalized spacial score (nSPS) is 41.2. The number of nitrogens with two attached hydrogens (primary N) is 1. The fourth-order valence-corrected chi connectivity index (χ4v) is 6.58. The lowest BCUT2D eigenvalue weighted by molar-refractivity contribution is -0.913. The molecule has 8 N–H and O–H groups in total. The van der Waals surface area contributed by atoms with Gasteiger partial charge in [0.1, 0.15) is 54.9 Å². The van der Waals surface area contributed by atoms with Crippen LogP contribution in [0, 0.1) is 0 Å². The largest absolute Gasteiger partial charge is 1.00 e. The van der Waals surface area contributed by atoms with E-state index in [9.17, 15) is 30.6 Å². The van der Waals surface area contributed by atoms with Crippen LogP contribution in [0.25, 0.3) is 0 Å². The number of ether oxygens (including phenoxy) is 7. The molecular weight excluding hydrogens is 681 g/mol. The molecular formula is C30H61Cl2N3O13. The van der Waals surface area contributed by atoms with Gasteiger partial charge in [-0.25, -0.2) is 0 Å². The average molecular weight is 743 g/mol. The van der Waals surface area contributed by atoms with Gasteiger partial charge in [0.2, 0.25) is 12.6 Å². The Bertz CT molecular complexity index is 945. The third kappa shape index (κ3) is 10.5. The fraction of sp³-hybridized carbons (Fsp3) is 1.00. The van der Waals surface area contributed by atoms with Crippen molar-refractivity contribution in [3.8, 4) is 0 Å². The molecule has 0 bridgehead atoms. The number of aliphatic hydroxyl groups excluding tert-OH is 6. The molecule has 3 fully saturated rings. The second kappa shape index (κ2) is 18.6. The number of rotatable bonds is 13. The number of hydrogen-bond donors (Lipinski definition) is 7. The molecule has 288 valence electrons. The van der Waals surface area contributed by atoms with E-state index in [1.165, 1.54) is 0 Å². The summed E-state index contributed by atoms with van der Waals surface area (Å²) in [5, 5.41) is 65.4. The van der Waals surface area contributed by atoms with Gasteiger partial charge in [-0.2, -0.15) is 0 Å². The smallest absolute Gasteiger partial charge is 0.214 e. The molecule has 0 aliphatic carbocycles. The minimum Gasteiger partial charge on any atom is -1.00 e. The number of likely N-dealkylation sites (N-methyl/N-ethyl adjacent to an activating group) is 2. The molecule has 3 heterocycles. The first-order valence-corrected chi connectivity index (χ1v) is 16.1. The molecule has 48 heavy (non-hydrogen) atoms. The van der Waals surface area contributed by atoms with Gasteiger partial charge < -0.3 is 103 Å². The Morgan fingerprint density at radius 1 is 0.562 bits per heavy atom. The predicted octanol–water partition coefficient (Wildman–Crippen LogP) is -9.31. The Morgan fingerprint density at radius 2 is 0.896 bits per heavy atom. The molecule has 6 unspecified atom stereocenters. The van der Waals surface area contributed by atoms with E-state index < -0.39 is 112 Å². The summed E-state index contributed by atoms with van der Waals surface area (Å²) in [6, 6.07) is -2.60. The fourth-order valence-electron chi connectivity index (χ4n) is 6.58. The molecule has 15 atom stereocenters. The zero-order chi connectivity index (χ0) is 34.9. The summed E-state index contributed by atoms with van der Waals surface area (Å²) >= 11 is 0. The van der Waals surface area contributed by atoms with Crippen molar-refractivity contribution < 1.29 is 97.6 Å². The summed E-state index contributed by atoms with van der Waals surface area (Å²) in [6.07, 6.45) is -13.9. The molecule has 18 heteroatoms. The van der Waals surface area contributed by atoms with Crippen molar-refractivity contribution in [2.45, 2.75) is 132 Å². The minimum atomic E-state index is -1.33. The van der Waals surface area contributed by atoms with Gasteiger partial charge in [-0.1, -0.05) is 0 Å². The molecule has 0 aromatic carbocycles. The SMILES string of the molecule is CC(C)O[C@@H]1OC(CO)[C@@H](O[C@@H]2OC(CO)[C@@H](O[C@@H]3OC(CO)[C@@H](OC(C)C)[C@H](O)C3[N+](C)(C)C)[C@H](O)C2[N+](C)(C)C)[C@H](O)C1N.[Cl-].[Cl-]. The molecule has 0 spiro atoms. The average Bonchev–Trinajstić information content (AvgIpc) is 2.93. The van der Waals surface area contributed by atoms with Crippen molar-refractivity contribution in [2.24, 2.45) is 5.73 Å². The van der Waals surface area contributed by atoms with Crippen molar-refractivity contribution in [3.05, 3.63) is 0 Å². The third-order valence-corrected chi connectivity index (χ3v) is 8.75. The lowest BCUT2D eigenvalue weighted by atomic mass is 9.92. The second-order valence-electron chi connectivity index (χ2n) is 15.0. The summed E-state index contributed by atoms with van der Waals surface area (Å²) in [5.41, 5.74) is 6.25. The zero-order valence-corrected chi connectivity index (χ0v) is 31.2. The van der Waals surface area contributed by atoms with E-state index in [1.54, 1.807) is 13.8 Å². The number of halogens is 2. The first-order valence-electron chi connectivity index (χ1n) is 16.1. The van der Waals surface area contributed by atoms with Crippen LogP contribution in [-0.4, -0.2) is 206 Å². The Labute approximate surface area is 296 Å². The first kappa shape index (κ1) is 46.0. The standard InChI is InChI=1S/C30H61N3O13.2ClH/c1-14(2)40-26-17(12-35)43-30(20(23(26)38)32(5,6)7)46-27-18(13-36)44-29(21(24(27)39)33(8,9)10)45-25-16(11-34)42-28(41-15(3)4)19(31)22(25)37;;/h14-30,34-39H,11-13,31H2,1-10H3;2*1H/q+2;;/p-2/t16?,17?,18?,19?,20?,21?,22-,23-,24-,25-,26-,27-,28-,29+,30+;;/m1../s1. The van der Waals surface area contributed by atoms with Gasteiger partial charge >= 0.3 is 0 Å². The summed E-state index contributed by atoms with van der Waals surface area (Å²) in [7, 11) is 11.0. The maximum absolute atomic E-state index is 11.9. The van der Waals surface area contributed by atoms with Gasteiger partial charge in [0, 0.05) is 0 Å². The Kier molecular flexibility index (Phi) is 17.8. The molecule has 3 aliphatic heterocycles. The highest BCUT2D eigenvalue weighted by atomic mass is 35.5. The van der Waals surface area contributed by atoms with E-state index in [-0.39, 0.29) is 46.0 Å². The van der Waals surface area contributed by atoms with E-state index in [2.05, 4.69) is 0 Å². The van der Waals surface area contributed by atoms with Gasteiger partial charge in [0.15, 0.2) is 18.4 Å². The number of aliphatic hydroxyl groups is 6. The van der Waals surface area contributed by atoms with Crippen LogP contribution in [0.2, 0.25) is 0 Å². The highest BCUT2D eigenvalue weighted by Crippen LogP contribution is 2.37. The maximum atomic E-state index is 11.9. The zero-order valence-electron chi connectivity index (χ0n) is 29.7. The topological polar surface area (TPSA) is 212 Å². The van der Waals surface area contributed by atoms with Crippen molar-refractivity contribution >= 4 is 0 Å². The summed E-state index contributed by atoms with van der Waals surface area (Å²) in [5.74, 6) is 0. The van der Waals surface area contributed by atoms with E-state index in [1.807, 2.05) is 56.1 Å². The van der Waals surface area contributed by atoms with E-state index in [4.69, 9.17) is 38.9 Å². The quantitative estimate of drug-likeness (QED) is 0.0875. The van der Waals surface area contributed by atoms with Crippen LogP contribution in [0.3, 0.4) is 0 Å². The Hall–Kier alpha value is -0.0600. The molecule has 0 aromatic rings. The number of hydrogen-bond acceptors (Lipinski definition) is 14. The van der Waals surface area contributed by atoms with Gasteiger partial charge in [-0.05, 0) is 27.7 Å². The summed E-state index contributed by atoms with van der Waals surface area (Å²) in [4.78, 5) is 0. The summed E-state index contributed by atoms with van der Waals surface area (Å²) < 4.78 is 42.9. The summed E-state index contributed by atoms with van der Waals surface area (Å²) in [6.45, 7) is 5.66. The first-order chi connectivity index (χ1) is 21.3. The molecule has 0 aromatic heterocycles. The van der Waals surface area contributed by atoms with Gasteiger partial charge in [-0.3, -0.25) is 0 Å². The van der Waals surface area contributed by atoms with Gasteiger partial charge in [0.05, 0.1) is 80.4 Å². The lowest BCUT2D eigenvalue weighted by Crippen LogP contribution is -3.00. The molecule has 3 rings (SSSR count).